The van der Waals surface area contributed by atoms with Crippen molar-refractivity contribution in [3.05, 3.63) is 59.2 Å². The molecule has 2 heterocycles. The van der Waals surface area contributed by atoms with Gasteiger partial charge in [0.15, 0.2) is 9.75 Å². The Morgan fingerprint density at radius 1 is 1.00 bits per heavy atom. The minimum absolute atomic E-state index is 0.0805. The molecule has 0 radical (unpaired) electrons. The number of aromatic carboxylic acids is 1. The number of fused-ring (bicyclic) bond motifs is 4. The highest BCUT2D eigenvalue weighted by atomic mass is 35.5. The van der Waals surface area contributed by atoms with Gasteiger partial charge in [-0.15, -0.1) is 23.2 Å². The van der Waals surface area contributed by atoms with Gasteiger partial charge in [0.1, 0.15) is 17.2 Å². The van der Waals surface area contributed by atoms with Gasteiger partial charge in [-0.1, -0.05) is 17.7 Å². The van der Waals surface area contributed by atoms with E-state index in [4.69, 9.17) is 32.7 Å². The average molecular weight is 629 g/mol. The molecule has 2 aliphatic heterocycles. The predicted octanol–water partition coefficient (Wildman–Crippen LogP) is 3.30. The van der Waals surface area contributed by atoms with Crippen LogP contribution in [0.2, 0.25) is 0 Å². The molecule has 2 aromatic carbocycles. The fraction of sp³-hybridized carbons (Fsp3) is 0.367. The Morgan fingerprint density at radius 2 is 1.72 bits per heavy atom. The van der Waals surface area contributed by atoms with Gasteiger partial charge in [-0.2, -0.15) is 0 Å². The van der Waals surface area contributed by atoms with Crippen molar-refractivity contribution in [2.24, 2.45) is 17.8 Å². The third kappa shape index (κ3) is 3.70. The quantitative estimate of drug-likeness (QED) is 0.289. The third-order valence-electron chi connectivity index (χ3n) is 9.20. The molecule has 0 spiro atoms. The summed E-state index contributed by atoms with van der Waals surface area (Å²) in [6, 6.07) is 8.31. The molecule has 0 unspecified atom stereocenters. The zero-order chi connectivity index (χ0) is 31.2. The minimum atomic E-state index is -2.12. The largest absolute Gasteiger partial charge is 0.507 e. The van der Waals surface area contributed by atoms with Gasteiger partial charge in [0, 0.05) is 30.7 Å². The summed E-state index contributed by atoms with van der Waals surface area (Å²) in [6.07, 6.45) is 1.57. The number of carboxylic acids is 1. The summed E-state index contributed by atoms with van der Waals surface area (Å²) in [7, 11) is 4.02. The molecule has 11 nitrogen and oxygen atoms in total. The Balaban J connectivity index is 1.54. The number of amides is 4. The molecule has 2 N–H and O–H groups in total. The predicted molar refractivity (Wildman–Crippen MR) is 153 cm³/mol. The van der Waals surface area contributed by atoms with Crippen LogP contribution in [0.25, 0.3) is 0 Å². The standard InChI is InChI=1S/C30H26Cl2N2O9/c1-33-27(40)29(31)12-18-16(23(30(29,32)28(33)41)22-19(35)10-15(42-2)11-20(22)43-3)7-8-17-21(18)25(37)34(24(17)36)14-6-4-5-13(9-14)26(38)39/h4-7,9-11,17-18,21,23,35H,8,12H2,1-3H3,(H,38,39)/t17-,18+,21-,23+,29+,30-/m0/s1. The molecule has 2 aliphatic carbocycles. The second-order valence-electron chi connectivity index (χ2n) is 11.1. The number of alkyl halides is 2. The lowest BCUT2D eigenvalue weighted by molar-refractivity contribution is -0.138. The van der Waals surface area contributed by atoms with E-state index < -0.39 is 63.0 Å². The summed E-state index contributed by atoms with van der Waals surface area (Å²) in [5, 5.41) is 20.7. The summed E-state index contributed by atoms with van der Waals surface area (Å²) < 4.78 is 10.9. The van der Waals surface area contributed by atoms with Crippen molar-refractivity contribution in [2.75, 3.05) is 26.2 Å². The normalized spacial score (nSPS) is 31.4. The number of nitrogens with zero attached hydrogens (tertiary/aromatic N) is 2. The van der Waals surface area contributed by atoms with E-state index in [-0.39, 0.29) is 46.9 Å². The molecule has 6 rings (SSSR count). The molecule has 3 fully saturated rings. The van der Waals surface area contributed by atoms with Crippen LogP contribution in [0, 0.1) is 17.8 Å². The molecule has 2 aromatic rings. The van der Waals surface area contributed by atoms with Gasteiger partial charge in [0.05, 0.1) is 37.3 Å². The molecule has 43 heavy (non-hydrogen) atoms. The fourth-order valence-corrected chi connectivity index (χ4v) is 8.26. The molecular formula is C30H26Cl2N2O9. The first kappa shape index (κ1) is 29.0. The first-order valence-electron chi connectivity index (χ1n) is 13.4. The van der Waals surface area contributed by atoms with E-state index in [9.17, 15) is 34.2 Å². The number of likely N-dealkylation sites (tertiary alicyclic amines) is 1. The minimum Gasteiger partial charge on any atom is -0.507 e. The highest BCUT2D eigenvalue weighted by Crippen LogP contribution is 2.67. The number of carbonyl (C=O) groups is 5. The highest BCUT2D eigenvalue weighted by Gasteiger charge is 2.76. The van der Waals surface area contributed by atoms with Crippen LogP contribution in [0.4, 0.5) is 5.69 Å². The number of allylic oxidation sites excluding steroid dienone is 2. The smallest absolute Gasteiger partial charge is 0.335 e. The van der Waals surface area contributed by atoms with Crippen LogP contribution in [0.3, 0.4) is 0 Å². The maximum atomic E-state index is 14.1. The van der Waals surface area contributed by atoms with Crippen molar-refractivity contribution in [3.63, 3.8) is 0 Å². The monoisotopic (exact) mass is 628 g/mol. The number of aromatic hydroxyl groups is 1. The van der Waals surface area contributed by atoms with Crippen LogP contribution in [0.1, 0.15) is 34.7 Å². The van der Waals surface area contributed by atoms with Crippen LogP contribution < -0.4 is 14.4 Å². The molecule has 224 valence electrons. The summed E-state index contributed by atoms with van der Waals surface area (Å²) in [5.41, 5.74) is 0.546. The molecule has 13 heteroatoms. The van der Waals surface area contributed by atoms with E-state index in [0.29, 0.717) is 5.57 Å². The second-order valence-corrected chi connectivity index (χ2v) is 12.4. The van der Waals surface area contributed by atoms with Crippen molar-refractivity contribution in [3.8, 4) is 17.2 Å². The fourth-order valence-electron chi connectivity index (χ4n) is 7.26. The van der Waals surface area contributed by atoms with Crippen molar-refractivity contribution in [2.45, 2.75) is 28.5 Å². The van der Waals surface area contributed by atoms with E-state index in [0.717, 1.165) is 9.80 Å². The number of ether oxygens (including phenoxy) is 2. The zero-order valence-corrected chi connectivity index (χ0v) is 24.7. The number of carboxylic acid groups (broad SMARTS) is 1. The van der Waals surface area contributed by atoms with E-state index >= 15 is 0 Å². The van der Waals surface area contributed by atoms with Gasteiger partial charge < -0.3 is 19.7 Å². The Bertz CT molecular complexity index is 1670. The topological polar surface area (TPSA) is 151 Å². The number of hydrogen-bond donors (Lipinski definition) is 2. The van der Waals surface area contributed by atoms with Crippen molar-refractivity contribution in [1.29, 1.82) is 0 Å². The maximum Gasteiger partial charge on any atom is 0.335 e. The van der Waals surface area contributed by atoms with Crippen LogP contribution in [-0.4, -0.2) is 75.7 Å². The van der Waals surface area contributed by atoms with E-state index in [1.54, 1.807) is 6.08 Å². The number of phenolic OH excluding ortho intramolecular Hbond substituents is 1. The van der Waals surface area contributed by atoms with Gasteiger partial charge in [0.2, 0.25) is 11.8 Å². The number of carbonyl (C=O) groups excluding carboxylic acids is 4. The van der Waals surface area contributed by atoms with E-state index in [1.807, 2.05) is 0 Å². The van der Waals surface area contributed by atoms with E-state index in [2.05, 4.69) is 0 Å². The van der Waals surface area contributed by atoms with Crippen molar-refractivity contribution in [1.82, 2.24) is 4.90 Å². The number of phenols is 1. The SMILES string of the molecule is COc1cc(O)c([C@H]2C3=CC[C@@H]4C(=O)N(c5cccc(C(=O)O)c5)C(=O)[C@@H]4[C@@H]3C[C@@]3(Cl)C(=O)N(C)C(=O)[C@@]23Cl)c(OC)c1. The van der Waals surface area contributed by atoms with Crippen molar-refractivity contribution >= 4 is 58.5 Å². The van der Waals surface area contributed by atoms with Crippen LogP contribution in [0.5, 0.6) is 17.2 Å². The number of halogens is 2. The summed E-state index contributed by atoms with van der Waals surface area (Å²) in [5.74, 6) is -7.76. The lowest BCUT2D eigenvalue weighted by Gasteiger charge is -2.51. The van der Waals surface area contributed by atoms with Gasteiger partial charge in [-0.3, -0.25) is 29.0 Å². The number of methoxy groups -OCH3 is 2. The van der Waals surface area contributed by atoms with Gasteiger partial charge in [0.25, 0.3) is 11.8 Å². The number of imide groups is 2. The molecule has 6 atom stereocenters. The molecule has 0 aromatic heterocycles. The van der Waals surface area contributed by atoms with Crippen LogP contribution >= 0.6 is 23.2 Å². The summed E-state index contributed by atoms with van der Waals surface area (Å²) in [6.45, 7) is 0. The zero-order valence-electron chi connectivity index (χ0n) is 23.2. The average Bonchev–Trinajstić information content (AvgIpc) is 3.32. The third-order valence-corrected chi connectivity index (χ3v) is 10.6. The number of anilines is 1. The van der Waals surface area contributed by atoms with Crippen LogP contribution in [-0.2, 0) is 19.2 Å². The number of rotatable bonds is 5. The highest BCUT2D eigenvalue weighted by molar-refractivity contribution is 6.53. The maximum absolute atomic E-state index is 14.1. The number of hydrogen-bond acceptors (Lipinski definition) is 8. The molecular weight excluding hydrogens is 603 g/mol. The van der Waals surface area contributed by atoms with Gasteiger partial charge in [-0.05, 0) is 37.0 Å². The first-order valence-corrected chi connectivity index (χ1v) is 14.1. The summed E-state index contributed by atoms with van der Waals surface area (Å²) >= 11 is 14.3. The lowest BCUT2D eigenvalue weighted by atomic mass is 9.56. The Kier molecular flexibility index (Phi) is 6.55. The lowest BCUT2D eigenvalue weighted by Crippen LogP contribution is -2.60. The van der Waals surface area contributed by atoms with E-state index in [1.165, 1.54) is 57.7 Å². The molecule has 2 saturated heterocycles. The van der Waals surface area contributed by atoms with Crippen molar-refractivity contribution < 1.29 is 43.7 Å². The van der Waals surface area contributed by atoms with Gasteiger partial charge >= 0.3 is 5.97 Å². The Labute approximate surface area is 255 Å². The molecule has 0 bridgehead atoms. The number of benzene rings is 2. The summed E-state index contributed by atoms with van der Waals surface area (Å²) in [4.78, 5) is 64.4. The second kappa shape index (κ2) is 9.72. The first-order chi connectivity index (χ1) is 20.3. The Morgan fingerprint density at radius 3 is 2.37 bits per heavy atom. The molecule has 4 amide bonds. The Hall–Kier alpha value is -4.09. The molecule has 1 saturated carbocycles. The molecule has 4 aliphatic rings. The van der Waals surface area contributed by atoms with Crippen LogP contribution in [0.15, 0.2) is 48.0 Å². The van der Waals surface area contributed by atoms with Gasteiger partial charge in [-0.25, -0.2) is 4.79 Å².